The molecular formula is C71H100N16O15S. The second-order valence-corrected chi connectivity index (χ2v) is 26.7. The number of carboxylic acids is 1. The highest BCUT2D eigenvalue weighted by molar-refractivity contribution is 8.00. The number of guanidine groups is 1. The van der Waals surface area contributed by atoms with E-state index in [4.69, 9.17) is 20.9 Å². The Morgan fingerprint density at radius 3 is 1.73 bits per heavy atom. The third-order valence-corrected chi connectivity index (χ3v) is 19.1. The third kappa shape index (κ3) is 28.8. The number of aromatic nitrogens is 2. The predicted octanol–water partition coefficient (Wildman–Crippen LogP) is 0.696. The van der Waals surface area contributed by atoms with Gasteiger partial charge in [0.05, 0.1) is 44.8 Å². The summed E-state index contributed by atoms with van der Waals surface area (Å²) >= 11 is 1.85. The first-order valence-corrected chi connectivity index (χ1v) is 36.0. The van der Waals surface area contributed by atoms with Crippen LogP contribution < -0.4 is 70.0 Å². The molecule has 6 rings (SSSR count). The lowest BCUT2D eigenvalue weighted by molar-refractivity contribution is -0.139. The van der Waals surface area contributed by atoms with Crippen LogP contribution in [0.2, 0.25) is 0 Å². The fourth-order valence-corrected chi connectivity index (χ4v) is 13.0. The summed E-state index contributed by atoms with van der Waals surface area (Å²) in [6.45, 7) is 7.64. The number of aliphatic carboxylic acids is 1. The van der Waals surface area contributed by atoms with Crippen molar-refractivity contribution < 1.29 is 72.1 Å². The van der Waals surface area contributed by atoms with Crippen molar-refractivity contribution >= 4 is 88.7 Å². The van der Waals surface area contributed by atoms with E-state index in [2.05, 4.69) is 73.4 Å². The number of aromatic amines is 1. The van der Waals surface area contributed by atoms with Crippen molar-refractivity contribution in [3.63, 3.8) is 0 Å². The molecule has 2 aliphatic rings. The predicted molar refractivity (Wildman–Crippen MR) is 384 cm³/mol. The molecule has 3 aromatic carbocycles. The van der Waals surface area contributed by atoms with Crippen LogP contribution in [0, 0.1) is 11.8 Å². The van der Waals surface area contributed by atoms with Crippen LogP contribution in [0.3, 0.4) is 0 Å². The Morgan fingerprint density at radius 1 is 0.592 bits per heavy atom. The van der Waals surface area contributed by atoms with Crippen molar-refractivity contribution in [2.24, 2.45) is 28.3 Å². The number of benzene rings is 3. The number of rotatable bonds is 47. The number of carbonyl (C=O) groups is 12. The molecule has 2 fully saturated rings. The van der Waals surface area contributed by atoms with Gasteiger partial charge in [-0.3, -0.25) is 57.7 Å². The second kappa shape index (κ2) is 43.8. The first-order chi connectivity index (χ1) is 49.5. The van der Waals surface area contributed by atoms with Crippen LogP contribution in [0.5, 0.6) is 0 Å². The standard InChI is InChI=1S/C71H100N16O15S/c1-5-43(3)60(68(98)78-40-59(91)92)85-64(94)50(20-15-29-77-70(72)73)81-65(95)52(36-45-16-9-7-10-17-45)82-66(96)53(38-49-39-74-42-79-49)83-69(99)61(44(4)6-2)86-67(97)51(37-46-23-25-48(26-24-46)63(93)47-18-11-8-12-19-47)80-58(90)28-27-57(89)76-31-33-102-35-34-101-32-30-75-56(88)22-14-13-21-55-62-54(41-103-55)84-71(100)87-62/h7-12,16-19,23-26,39,42-44,50-55,60-62H,5-6,13-15,20-22,27-38,40-41H2,1-4H3,(H,74,79)(H,75,88)(H,76,89)(H,78,98)(H,80,90)(H,81,95)(H,82,96)(H,83,99)(H,85,94)(H,86,97)(H,91,92)(H4,72,73,77)(H2,84,87,100)/t43-,44-,50-,51-,52-,53-,54-,55-,60-,61-,62-/m0/s1. The highest BCUT2D eigenvalue weighted by Gasteiger charge is 2.43. The van der Waals surface area contributed by atoms with Crippen LogP contribution in [0.4, 0.5) is 4.79 Å². The Hall–Kier alpha value is -9.95. The van der Waals surface area contributed by atoms with Crippen molar-refractivity contribution in [2.45, 2.75) is 165 Å². The number of nitrogens with two attached hydrogens (primary N) is 2. The molecule has 2 saturated heterocycles. The zero-order valence-corrected chi connectivity index (χ0v) is 59.6. The zero-order valence-electron chi connectivity index (χ0n) is 58.8. The lowest BCUT2D eigenvalue weighted by Crippen LogP contribution is -2.61. The summed E-state index contributed by atoms with van der Waals surface area (Å²) in [4.78, 5) is 173. The van der Waals surface area contributed by atoms with E-state index >= 15 is 0 Å². The number of fused-ring (bicyclic) bond motifs is 1. The summed E-state index contributed by atoms with van der Waals surface area (Å²) in [6.07, 6.45) is 5.50. The van der Waals surface area contributed by atoms with E-state index in [-0.39, 0.29) is 120 Å². The van der Waals surface area contributed by atoms with E-state index in [1.165, 1.54) is 12.5 Å². The van der Waals surface area contributed by atoms with Gasteiger partial charge < -0.3 is 89.5 Å². The number of nitrogens with zero attached hydrogens (tertiary/aromatic N) is 2. The van der Waals surface area contributed by atoms with Crippen molar-refractivity contribution in [1.29, 1.82) is 0 Å². The lowest BCUT2D eigenvalue weighted by Gasteiger charge is -2.29. The third-order valence-electron chi connectivity index (χ3n) is 17.6. The molecule has 32 heteroatoms. The van der Waals surface area contributed by atoms with Gasteiger partial charge in [-0.05, 0) is 48.6 Å². The molecule has 103 heavy (non-hydrogen) atoms. The van der Waals surface area contributed by atoms with Crippen molar-refractivity contribution in [3.05, 3.63) is 125 Å². The Labute approximate surface area is 603 Å². The molecule has 0 aliphatic carbocycles. The van der Waals surface area contributed by atoms with E-state index in [9.17, 15) is 62.6 Å². The van der Waals surface area contributed by atoms with Gasteiger partial charge in [0.1, 0.15) is 42.8 Å². The molecule has 4 aromatic rings. The normalized spacial score (nSPS) is 16.7. The van der Waals surface area contributed by atoms with Gasteiger partial charge in [-0.2, -0.15) is 11.8 Å². The quantitative estimate of drug-likeness (QED) is 0.00951. The maximum absolute atomic E-state index is 14.9. The molecular weight excluding hydrogens is 1350 g/mol. The van der Waals surface area contributed by atoms with E-state index in [1.807, 2.05) is 11.8 Å². The van der Waals surface area contributed by atoms with Gasteiger partial charge in [-0.15, -0.1) is 0 Å². The zero-order chi connectivity index (χ0) is 74.6. The summed E-state index contributed by atoms with van der Waals surface area (Å²) in [5, 5.41) is 39.9. The smallest absolute Gasteiger partial charge is 0.322 e. The average molecular weight is 1450 g/mol. The molecule has 2 aliphatic heterocycles. The monoisotopic (exact) mass is 1450 g/mol. The SMILES string of the molecule is CC[C@H](C)[C@H](NC(=O)[C@H](CCCN=C(N)N)NC(=O)[C@H](Cc1ccccc1)NC(=O)[C@H](Cc1cnc[nH]1)NC(=O)[C@@H](NC(=O)[C@H](Cc1ccc(C(=O)c2ccccc2)cc1)NC(=O)CCC(=O)NCCOCCOCCNC(=O)CCCC[C@@H]1SC[C@@H]2NC(=O)N[C@@H]21)[C@@H](C)CC)C(=O)NCC(=O)O. The van der Waals surface area contributed by atoms with Crippen LogP contribution in [-0.2, 0) is 76.7 Å². The number of thioether (sulfide) groups is 1. The number of H-pyrrole nitrogens is 1. The van der Waals surface area contributed by atoms with Gasteiger partial charge in [0.2, 0.25) is 53.2 Å². The summed E-state index contributed by atoms with van der Waals surface area (Å²) in [6, 6.07) is 15.8. The van der Waals surface area contributed by atoms with Gasteiger partial charge in [0.25, 0.3) is 0 Å². The van der Waals surface area contributed by atoms with E-state index < -0.39 is 108 Å². The van der Waals surface area contributed by atoms with E-state index in [0.29, 0.717) is 59.0 Å². The summed E-state index contributed by atoms with van der Waals surface area (Å²) in [7, 11) is 0. The van der Waals surface area contributed by atoms with Crippen molar-refractivity contribution in [2.75, 3.05) is 58.4 Å². The molecule has 11 atom stereocenters. The van der Waals surface area contributed by atoms with Gasteiger partial charge in [0.15, 0.2) is 11.7 Å². The molecule has 0 spiro atoms. The molecule has 17 N–H and O–H groups in total. The number of imidazole rings is 1. The highest BCUT2D eigenvalue weighted by atomic mass is 32.2. The number of aliphatic imine (C=N–C) groups is 1. The van der Waals surface area contributed by atoms with Crippen LogP contribution in [0.1, 0.15) is 125 Å². The molecule has 0 unspecified atom stereocenters. The number of amides is 11. The molecule has 11 amide bonds. The maximum Gasteiger partial charge on any atom is 0.322 e. The number of unbranched alkanes of at least 4 members (excludes halogenated alkanes) is 1. The second-order valence-electron chi connectivity index (χ2n) is 25.5. The Bertz CT molecular complexity index is 3460. The Kier molecular flexibility index (Phi) is 34.8. The minimum Gasteiger partial charge on any atom is -0.480 e. The number of hydrogen-bond donors (Lipinski definition) is 15. The molecule has 560 valence electrons. The number of carboxylic acid groups (broad SMARTS) is 1. The fraction of sp³-hybridized carbons (Fsp3) is 0.521. The van der Waals surface area contributed by atoms with Gasteiger partial charge in [-0.25, -0.2) is 9.78 Å². The molecule has 1 aromatic heterocycles. The Morgan fingerprint density at radius 2 is 1.13 bits per heavy atom. The maximum atomic E-state index is 14.9. The molecule has 31 nitrogen and oxygen atoms in total. The number of ketones is 1. The summed E-state index contributed by atoms with van der Waals surface area (Å²) < 4.78 is 11.2. The largest absolute Gasteiger partial charge is 0.480 e. The number of hydrogen-bond acceptors (Lipinski definition) is 17. The van der Waals surface area contributed by atoms with Gasteiger partial charge in [-0.1, -0.05) is 132 Å². The first-order valence-electron chi connectivity index (χ1n) is 35.0. The average Bonchev–Trinajstić information content (AvgIpc) is 1.71. The highest BCUT2D eigenvalue weighted by Crippen LogP contribution is 2.33. The number of carbonyl (C=O) groups excluding carboxylic acids is 11. The van der Waals surface area contributed by atoms with Crippen molar-refractivity contribution in [1.82, 2.24) is 68.5 Å². The van der Waals surface area contributed by atoms with Crippen LogP contribution >= 0.6 is 11.8 Å². The number of urea groups is 1. The van der Waals surface area contributed by atoms with Crippen molar-refractivity contribution in [3.8, 4) is 0 Å². The summed E-state index contributed by atoms with van der Waals surface area (Å²) in [5.74, 6) is -8.04. The van der Waals surface area contributed by atoms with Crippen LogP contribution in [-0.4, -0.2) is 204 Å². The molecule has 0 radical (unpaired) electrons. The van der Waals surface area contributed by atoms with Gasteiger partial charge in [0, 0.05) is 92.2 Å². The van der Waals surface area contributed by atoms with Gasteiger partial charge >= 0.3 is 12.0 Å². The van der Waals surface area contributed by atoms with E-state index in [0.717, 1.165) is 25.0 Å². The summed E-state index contributed by atoms with van der Waals surface area (Å²) in [5.41, 5.74) is 13.5. The number of ether oxygens (including phenoxy) is 2. The minimum absolute atomic E-state index is 0.0480. The fourth-order valence-electron chi connectivity index (χ4n) is 11.4. The molecule has 0 saturated carbocycles. The van der Waals surface area contributed by atoms with E-state index in [1.54, 1.807) is 113 Å². The molecule has 3 heterocycles. The first kappa shape index (κ1) is 82.0. The Balaban J connectivity index is 1.09. The lowest BCUT2D eigenvalue weighted by atomic mass is 9.96. The number of nitrogens with one attached hydrogen (secondary N) is 12. The van der Waals surface area contributed by atoms with Crippen LogP contribution in [0.15, 0.2) is 102 Å². The molecule has 0 bridgehead atoms. The topological polar surface area (TPSA) is 469 Å². The minimum atomic E-state index is -1.46. The van der Waals surface area contributed by atoms with Crippen LogP contribution in [0.25, 0.3) is 0 Å².